The van der Waals surface area contributed by atoms with E-state index in [1.54, 1.807) is 11.0 Å². The smallest absolute Gasteiger partial charge is 0.410 e. The highest BCUT2D eigenvalue weighted by molar-refractivity contribution is 7.92. The summed E-state index contributed by atoms with van der Waals surface area (Å²) in [6.45, 7) is 6.33. The Kier molecular flexibility index (Phi) is 8.92. The SMILES string of the molecule is CC(C)(C)OC(=O)N1Cc2cccc(OCc3ccccc3)c2-c2cc(C(=O)Nc3cc(Cl)cc(NS(C)(=O)=O)c3)sc2C1. The molecule has 2 amide bonds. The van der Waals surface area contributed by atoms with E-state index in [2.05, 4.69) is 10.0 Å². The Balaban J connectivity index is 1.51. The van der Waals surface area contributed by atoms with Crippen LogP contribution in [0.5, 0.6) is 5.75 Å². The zero-order valence-electron chi connectivity index (χ0n) is 24.6. The van der Waals surface area contributed by atoms with Gasteiger partial charge in [-0.2, -0.15) is 0 Å². The average Bonchev–Trinajstić information content (AvgIpc) is 3.26. The van der Waals surface area contributed by atoms with Crippen molar-refractivity contribution in [2.45, 2.75) is 46.1 Å². The first-order valence-electron chi connectivity index (χ1n) is 13.7. The number of halogens is 1. The topological polar surface area (TPSA) is 114 Å². The molecule has 2 N–H and O–H groups in total. The Morgan fingerprint density at radius 1 is 0.977 bits per heavy atom. The third-order valence-electron chi connectivity index (χ3n) is 6.46. The standard InChI is InChI=1S/C32H32ClN3O6S2/c1-32(2,3)42-31(38)36-17-21-11-8-12-26(41-19-20-9-6-5-7-10-20)29(21)25-16-27(43-28(25)18-36)30(37)34-23-13-22(33)14-24(15-23)35-44(4,39)40/h5-16,35H,17-19H2,1-4H3,(H,34,37). The zero-order chi connectivity index (χ0) is 31.6. The number of thiophene rings is 1. The van der Waals surface area contributed by atoms with Gasteiger partial charge in [0.1, 0.15) is 18.0 Å². The Labute approximate surface area is 265 Å². The maximum atomic E-state index is 13.5. The molecule has 230 valence electrons. The van der Waals surface area contributed by atoms with Gasteiger partial charge in [-0.05, 0) is 62.2 Å². The number of ether oxygens (including phenoxy) is 2. The lowest BCUT2D eigenvalue weighted by atomic mass is 9.99. The van der Waals surface area contributed by atoms with Crippen LogP contribution in [0.3, 0.4) is 0 Å². The zero-order valence-corrected chi connectivity index (χ0v) is 27.0. The molecule has 0 radical (unpaired) electrons. The van der Waals surface area contributed by atoms with E-state index < -0.39 is 27.6 Å². The fraction of sp³-hybridized carbons (Fsp3) is 0.250. The molecule has 9 nitrogen and oxygen atoms in total. The third kappa shape index (κ3) is 7.90. The molecular weight excluding hydrogens is 622 g/mol. The molecule has 0 fully saturated rings. The molecule has 0 atom stereocenters. The van der Waals surface area contributed by atoms with Gasteiger partial charge in [-0.25, -0.2) is 13.2 Å². The van der Waals surface area contributed by atoms with Crippen molar-refractivity contribution in [3.63, 3.8) is 0 Å². The monoisotopic (exact) mass is 653 g/mol. The van der Waals surface area contributed by atoms with Gasteiger partial charge in [-0.3, -0.25) is 14.4 Å². The number of hydrogen-bond donors (Lipinski definition) is 2. The molecule has 1 aliphatic rings. The van der Waals surface area contributed by atoms with Crippen LogP contribution in [0, 0.1) is 0 Å². The number of sulfonamides is 1. The minimum atomic E-state index is -3.55. The summed E-state index contributed by atoms with van der Waals surface area (Å²) in [6.07, 6.45) is 0.567. The fourth-order valence-electron chi connectivity index (χ4n) is 4.76. The molecular formula is C32H32ClN3O6S2. The highest BCUT2D eigenvalue weighted by atomic mass is 35.5. The second-order valence-corrected chi connectivity index (χ2v) is 14.7. The summed E-state index contributed by atoms with van der Waals surface area (Å²) in [6, 6.07) is 21.8. The van der Waals surface area contributed by atoms with Gasteiger partial charge in [0.05, 0.1) is 29.9 Å². The van der Waals surface area contributed by atoms with Crippen molar-refractivity contribution in [1.82, 2.24) is 4.90 Å². The second-order valence-electron chi connectivity index (χ2n) is 11.4. The lowest BCUT2D eigenvalue weighted by Gasteiger charge is -2.26. The van der Waals surface area contributed by atoms with E-state index >= 15 is 0 Å². The molecule has 0 bridgehead atoms. The van der Waals surface area contributed by atoms with Crippen LogP contribution in [0.2, 0.25) is 5.02 Å². The number of rotatable bonds is 7. The molecule has 1 aromatic heterocycles. The van der Waals surface area contributed by atoms with Gasteiger partial charge in [0.15, 0.2) is 0 Å². The lowest BCUT2D eigenvalue weighted by molar-refractivity contribution is 0.0220. The summed E-state index contributed by atoms with van der Waals surface area (Å²) >= 11 is 7.46. The van der Waals surface area contributed by atoms with Crippen molar-refractivity contribution in [2.75, 3.05) is 16.3 Å². The maximum Gasteiger partial charge on any atom is 0.410 e. The summed E-state index contributed by atoms with van der Waals surface area (Å²) in [4.78, 5) is 29.6. The van der Waals surface area contributed by atoms with E-state index in [9.17, 15) is 18.0 Å². The van der Waals surface area contributed by atoms with Crippen molar-refractivity contribution >= 4 is 56.3 Å². The summed E-state index contributed by atoms with van der Waals surface area (Å²) in [5, 5.41) is 3.06. The van der Waals surface area contributed by atoms with Crippen molar-refractivity contribution in [2.24, 2.45) is 0 Å². The number of nitrogens with one attached hydrogen (secondary N) is 2. The van der Waals surface area contributed by atoms with Gasteiger partial charge in [0, 0.05) is 26.7 Å². The molecule has 0 unspecified atom stereocenters. The first kappa shape index (κ1) is 31.4. The van der Waals surface area contributed by atoms with Crippen molar-refractivity contribution < 1.29 is 27.5 Å². The van der Waals surface area contributed by atoms with Gasteiger partial charge in [0.2, 0.25) is 10.0 Å². The number of amides is 2. The number of benzene rings is 3. The van der Waals surface area contributed by atoms with Crippen LogP contribution < -0.4 is 14.8 Å². The van der Waals surface area contributed by atoms with Crippen LogP contribution in [0.15, 0.2) is 72.8 Å². The van der Waals surface area contributed by atoms with E-state index in [4.69, 9.17) is 21.1 Å². The second kappa shape index (κ2) is 12.5. The average molecular weight is 654 g/mol. The van der Waals surface area contributed by atoms with Gasteiger partial charge in [-0.1, -0.05) is 54.1 Å². The number of carbonyl (C=O) groups excluding carboxylic acids is 2. The minimum absolute atomic E-state index is 0.222. The molecule has 3 aromatic carbocycles. The summed E-state index contributed by atoms with van der Waals surface area (Å²) < 4.78 is 37.8. The highest BCUT2D eigenvalue weighted by Crippen LogP contribution is 2.43. The van der Waals surface area contributed by atoms with Gasteiger partial charge in [0.25, 0.3) is 5.91 Å². The van der Waals surface area contributed by atoms with Crippen LogP contribution in [0.4, 0.5) is 16.2 Å². The van der Waals surface area contributed by atoms with Crippen LogP contribution >= 0.6 is 22.9 Å². The molecule has 0 saturated carbocycles. The lowest BCUT2D eigenvalue weighted by Crippen LogP contribution is -2.35. The van der Waals surface area contributed by atoms with E-state index in [1.807, 2.05) is 69.3 Å². The van der Waals surface area contributed by atoms with Crippen LogP contribution in [-0.2, 0) is 34.5 Å². The van der Waals surface area contributed by atoms with E-state index in [1.165, 1.54) is 29.5 Å². The van der Waals surface area contributed by atoms with Gasteiger partial charge >= 0.3 is 6.09 Å². The van der Waals surface area contributed by atoms with Crippen LogP contribution in [0.25, 0.3) is 11.1 Å². The van der Waals surface area contributed by atoms with Crippen LogP contribution in [-0.4, -0.2) is 37.2 Å². The molecule has 44 heavy (non-hydrogen) atoms. The van der Waals surface area contributed by atoms with E-state index in [-0.39, 0.29) is 17.3 Å². The van der Waals surface area contributed by atoms with Crippen molar-refractivity contribution in [3.8, 4) is 16.9 Å². The predicted molar refractivity (Wildman–Crippen MR) is 174 cm³/mol. The molecule has 4 aromatic rings. The number of fused-ring (bicyclic) bond motifs is 3. The maximum absolute atomic E-state index is 13.5. The molecule has 5 rings (SSSR count). The normalized spacial score (nSPS) is 12.9. The Morgan fingerprint density at radius 3 is 2.41 bits per heavy atom. The van der Waals surface area contributed by atoms with E-state index in [0.29, 0.717) is 29.5 Å². The minimum Gasteiger partial charge on any atom is -0.488 e. The highest BCUT2D eigenvalue weighted by Gasteiger charge is 2.31. The number of hydrogen-bond acceptors (Lipinski definition) is 7. The predicted octanol–water partition coefficient (Wildman–Crippen LogP) is 7.52. The van der Waals surface area contributed by atoms with Gasteiger partial charge in [-0.15, -0.1) is 11.3 Å². The molecule has 0 aliphatic carbocycles. The number of carbonyl (C=O) groups is 2. The Hall–Kier alpha value is -4.06. The Morgan fingerprint density at radius 2 is 1.70 bits per heavy atom. The van der Waals surface area contributed by atoms with E-state index in [0.717, 1.165) is 33.4 Å². The van der Waals surface area contributed by atoms with Gasteiger partial charge < -0.3 is 14.8 Å². The molecule has 12 heteroatoms. The largest absolute Gasteiger partial charge is 0.488 e. The first-order chi connectivity index (χ1) is 20.7. The number of nitrogens with zero attached hydrogens (tertiary/aromatic N) is 1. The summed E-state index contributed by atoms with van der Waals surface area (Å²) in [5.74, 6) is 0.221. The molecule has 0 saturated heterocycles. The molecule has 0 spiro atoms. The summed E-state index contributed by atoms with van der Waals surface area (Å²) in [7, 11) is -3.55. The first-order valence-corrected chi connectivity index (χ1v) is 16.8. The van der Waals surface area contributed by atoms with Crippen molar-refractivity contribution in [3.05, 3.63) is 98.7 Å². The molecule has 2 heterocycles. The van der Waals surface area contributed by atoms with Crippen LogP contribution in [0.1, 0.15) is 46.4 Å². The quantitative estimate of drug-likeness (QED) is 0.213. The summed E-state index contributed by atoms with van der Waals surface area (Å²) in [5.41, 5.74) is 3.32. The third-order valence-corrected chi connectivity index (χ3v) is 8.40. The Bertz CT molecular complexity index is 1820. The molecule has 1 aliphatic heterocycles. The number of anilines is 2. The fourth-order valence-corrected chi connectivity index (χ4v) is 6.62. The van der Waals surface area contributed by atoms with Crippen molar-refractivity contribution in [1.29, 1.82) is 0 Å².